The van der Waals surface area contributed by atoms with Crippen LogP contribution in [0.25, 0.3) is 0 Å². The summed E-state index contributed by atoms with van der Waals surface area (Å²) in [4.78, 5) is 21.8. The van der Waals surface area contributed by atoms with Crippen LogP contribution >= 0.6 is 11.8 Å². The maximum Gasteiger partial charge on any atom is 0.327 e. The van der Waals surface area contributed by atoms with Crippen molar-refractivity contribution in [1.29, 1.82) is 0 Å². The summed E-state index contributed by atoms with van der Waals surface area (Å²) in [5, 5.41) is 21.6. The molecule has 0 saturated heterocycles. The number of aliphatic carboxylic acids is 1. The zero-order valence-electron chi connectivity index (χ0n) is 10.6. The first-order valence-corrected chi connectivity index (χ1v) is 7.38. The quantitative estimate of drug-likeness (QED) is 0.673. The molecule has 3 N–H and O–H groups in total. The van der Waals surface area contributed by atoms with Crippen molar-refractivity contribution in [2.75, 3.05) is 11.5 Å². The first-order valence-electron chi connectivity index (χ1n) is 6.23. The van der Waals surface area contributed by atoms with Gasteiger partial charge in [-0.1, -0.05) is 19.3 Å². The summed E-state index contributed by atoms with van der Waals surface area (Å²) in [6.07, 6.45) is 4.81. The molecule has 18 heavy (non-hydrogen) atoms. The van der Waals surface area contributed by atoms with Gasteiger partial charge in [0.05, 0.1) is 5.60 Å². The molecule has 1 saturated carbocycles. The molecule has 1 aliphatic carbocycles. The Balaban J connectivity index is 2.33. The molecule has 6 heteroatoms. The van der Waals surface area contributed by atoms with Gasteiger partial charge in [-0.15, -0.1) is 0 Å². The summed E-state index contributed by atoms with van der Waals surface area (Å²) in [5.74, 6) is -0.555. The molecule has 0 aromatic heterocycles. The molecule has 5 nitrogen and oxygen atoms in total. The minimum Gasteiger partial charge on any atom is -0.480 e. The van der Waals surface area contributed by atoms with E-state index in [-0.39, 0.29) is 11.7 Å². The second kappa shape index (κ2) is 6.99. The lowest BCUT2D eigenvalue weighted by molar-refractivity contribution is -0.140. The van der Waals surface area contributed by atoms with Gasteiger partial charge in [-0.25, -0.2) is 4.79 Å². The highest BCUT2D eigenvalue weighted by Crippen LogP contribution is 2.31. The third-order valence-corrected chi connectivity index (χ3v) is 4.43. The number of nitrogens with one attached hydrogen (secondary N) is 1. The molecule has 0 radical (unpaired) electrons. The van der Waals surface area contributed by atoms with Crippen LogP contribution in [-0.4, -0.2) is 45.2 Å². The first kappa shape index (κ1) is 15.3. The molecule has 1 fully saturated rings. The average molecular weight is 275 g/mol. The largest absolute Gasteiger partial charge is 0.480 e. The van der Waals surface area contributed by atoms with Crippen LogP contribution in [0.2, 0.25) is 0 Å². The highest BCUT2D eigenvalue weighted by atomic mass is 32.2. The second-order valence-electron chi connectivity index (χ2n) is 4.89. The van der Waals surface area contributed by atoms with Gasteiger partial charge >= 0.3 is 5.97 Å². The van der Waals surface area contributed by atoms with Crippen molar-refractivity contribution in [3.63, 3.8) is 0 Å². The molecule has 1 amide bonds. The van der Waals surface area contributed by atoms with Crippen LogP contribution in [0.4, 0.5) is 0 Å². The predicted octanol–water partition coefficient (Wildman–Crippen LogP) is 1.00. The van der Waals surface area contributed by atoms with Crippen molar-refractivity contribution >= 4 is 23.6 Å². The van der Waals surface area contributed by atoms with Gasteiger partial charge in [0.25, 0.3) is 0 Å². The number of carboxylic acid groups (broad SMARTS) is 1. The maximum absolute atomic E-state index is 10.9. The Morgan fingerprint density at radius 3 is 2.44 bits per heavy atom. The van der Waals surface area contributed by atoms with Crippen molar-refractivity contribution in [2.24, 2.45) is 0 Å². The number of amides is 1. The minimum atomic E-state index is -1.03. The standard InChI is InChI=1S/C12H21NO4S/c1-9(14)13-10(11(15)16)7-18-8-12(17)5-3-2-4-6-12/h10,17H,2-8H2,1H3,(H,13,14)(H,15,16). The fourth-order valence-electron chi connectivity index (χ4n) is 2.14. The number of carbonyl (C=O) groups is 2. The third-order valence-electron chi connectivity index (χ3n) is 3.12. The van der Waals surface area contributed by atoms with Gasteiger partial charge in [-0.2, -0.15) is 11.8 Å². The van der Waals surface area contributed by atoms with E-state index in [4.69, 9.17) is 5.11 Å². The van der Waals surface area contributed by atoms with E-state index < -0.39 is 17.6 Å². The second-order valence-corrected chi connectivity index (χ2v) is 5.92. The molecule has 0 aromatic carbocycles. The molecule has 1 atom stereocenters. The number of hydrogen-bond acceptors (Lipinski definition) is 4. The van der Waals surface area contributed by atoms with Crippen molar-refractivity contribution in [3.8, 4) is 0 Å². The minimum absolute atomic E-state index is 0.289. The number of rotatable bonds is 6. The maximum atomic E-state index is 10.9. The topological polar surface area (TPSA) is 86.6 Å². The summed E-state index contributed by atoms with van der Waals surface area (Å²) in [6.45, 7) is 1.30. The molecule has 0 heterocycles. The Labute approximate surface area is 111 Å². The van der Waals surface area contributed by atoms with Crippen molar-refractivity contribution in [2.45, 2.75) is 50.7 Å². The smallest absolute Gasteiger partial charge is 0.327 e. The van der Waals surface area contributed by atoms with Crippen LogP contribution < -0.4 is 5.32 Å². The van der Waals surface area contributed by atoms with Gasteiger partial charge in [0, 0.05) is 18.4 Å². The van der Waals surface area contributed by atoms with Gasteiger partial charge in [0.2, 0.25) is 5.91 Å². The van der Waals surface area contributed by atoms with Crippen LogP contribution in [-0.2, 0) is 9.59 Å². The number of thioether (sulfide) groups is 1. The normalized spacial score (nSPS) is 20.1. The van der Waals surface area contributed by atoms with E-state index in [1.807, 2.05) is 0 Å². The fourth-order valence-corrected chi connectivity index (χ4v) is 3.39. The molecule has 0 bridgehead atoms. The van der Waals surface area contributed by atoms with Gasteiger partial charge < -0.3 is 15.5 Å². The van der Waals surface area contributed by atoms with Crippen LogP contribution in [0.15, 0.2) is 0 Å². The zero-order chi connectivity index (χ0) is 13.6. The van der Waals surface area contributed by atoms with E-state index in [2.05, 4.69) is 5.32 Å². The summed E-state index contributed by atoms with van der Waals surface area (Å²) in [6, 6.07) is -0.875. The van der Waals surface area contributed by atoms with E-state index in [0.29, 0.717) is 5.75 Å². The number of hydrogen-bond donors (Lipinski definition) is 3. The molecule has 0 aliphatic heterocycles. The lowest BCUT2D eigenvalue weighted by Crippen LogP contribution is -2.42. The molecule has 0 spiro atoms. The van der Waals surface area contributed by atoms with E-state index >= 15 is 0 Å². The molecular formula is C12H21NO4S. The summed E-state index contributed by atoms with van der Waals surface area (Å²) in [5.41, 5.74) is -0.651. The van der Waals surface area contributed by atoms with Crippen molar-refractivity contribution < 1.29 is 19.8 Å². The molecule has 0 aromatic rings. The van der Waals surface area contributed by atoms with Crippen LogP contribution in [0, 0.1) is 0 Å². The number of aliphatic hydroxyl groups is 1. The monoisotopic (exact) mass is 275 g/mol. The Morgan fingerprint density at radius 2 is 1.94 bits per heavy atom. The SMILES string of the molecule is CC(=O)NC(CSCC1(O)CCCCC1)C(=O)O. The highest BCUT2D eigenvalue weighted by Gasteiger charge is 2.29. The van der Waals surface area contributed by atoms with E-state index in [1.165, 1.54) is 18.7 Å². The van der Waals surface area contributed by atoms with Gasteiger partial charge in [-0.3, -0.25) is 4.79 Å². The lowest BCUT2D eigenvalue weighted by Gasteiger charge is -2.32. The molecule has 1 rings (SSSR count). The Hall–Kier alpha value is -0.750. The Bertz CT molecular complexity index is 302. The van der Waals surface area contributed by atoms with Gasteiger partial charge in [0.15, 0.2) is 0 Å². The van der Waals surface area contributed by atoms with Crippen LogP contribution in [0.3, 0.4) is 0 Å². The van der Waals surface area contributed by atoms with Gasteiger partial charge in [-0.05, 0) is 12.8 Å². The van der Waals surface area contributed by atoms with E-state index in [0.717, 1.165) is 32.1 Å². The van der Waals surface area contributed by atoms with E-state index in [1.54, 1.807) is 0 Å². The summed E-state index contributed by atoms with van der Waals surface area (Å²) in [7, 11) is 0. The van der Waals surface area contributed by atoms with Crippen LogP contribution in [0.5, 0.6) is 0 Å². The molecule has 1 aliphatic rings. The average Bonchev–Trinajstić information content (AvgIpc) is 2.27. The number of carbonyl (C=O) groups excluding carboxylic acids is 1. The van der Waals surface area contributed by atoms with Crippen molar-refractivity contribution in [3.05, 3.63) is 0 Å². The number of carboxylic acids is 1. The third kappa shape index (κ3) is 5.27. The first-order chi connectivity index (χ1) is 8.43. The summed E-state index contributed by atoms with van der Waals surface area (Å²) >= 11 is 1.39. The van der Waals surface area contributed by atoms with Crippen molar-refractivity contribution in [1.82, 2.24) is 5.32 Å². The van der Waals surface area contributed by atoms with E-state index in [9.17, 15) is 14.7 Å². The molecule has 104 valence electrons. The fraction of sp³-hybridized carbons (Fsp3) is 0.833. The molecule has 1 unspecified atom stereocenters. The molecular weight excluding hydrogens is 254 g/mol. The Kier molecular flexibility index (Phi) is 5.95. The predicted molar refractivity (Wildman–Crippen MR) is 70.6 cm³/mol. The zero-order valence-corrected chi connectivity index (χ0v) is 11.5. The van der Waals surface area contributed by atoms with Gasteiger partial charge in [0.1, 0.15) is 6.04 Å². The lowest BCUT2D eigenvalue weighted by atomic mass is 9.86. The Morgan fingerprint density at radius 1 is 1.33 bits per heavy atom. The highest BCUT2D eigenvalue weighted by molar-refractivity contribution is 7.99. The summed E-state index contributed by atoms with van der Waals surface area (Å²) < 4.78 is 0. The van der Waals surface area contributed by atoms with Crippen LogP contribution in [0.1, 0.15) is 39.0 Å².